The highest BCUT2D eigenvalue weighted by atomic mass is 31.2. The number of aryl methyl sites for hydroxylation is 1. The summed E-state index contributed by atoms with van der Waals surface area (Å²) in [5, 5.41) is 17.9. The van der Waals surface area contributed by atoms with Crippen molar-refractivity contribution < 1.29 is 22.9 Å². The van der Waals surface area contributed by atoms with E-state index in [1.54, 1.807) is 20.8 Å². The summed E-state index contributed by atoms with van der Waals surface area (Å²) in [4.78, 5) is 4.19. The molecule has 38 heavy (non-hydrogen) atoms. The second-order valence-electron chi connectivity index (χ2n) is 9.01. The summed E-state index contributed by atoms with van der Waals surface area (Å²) in [5.41, 5.74) is 3.92. The molecule has 4 aromatic rings. The Bertz CT molecular complexity index is 1510. The first-order valence-corrected chi connectivity index (χ1v) is 14.3. The van der Waals surface area contributed by atoms with Crippen LogP contribution in [0.2, 0.25) is 0 Å². The van der Waals surface area contributed by atoms with E-state index in [0.717, 1.165) is 41.4 Å². The van der Waals surface area contributed by atoms with Crippen LogP contribution in [0.4, 0.5) is 5.69 Å². The third kappa shape index (κ3) is 5.18. The molecule has 0 unspecified atom stereocenters. The van der Waals surface area contributed by atoms with Crippen LogP contribution < -0.4 is 9.82 Å². The summed E-state index contributed by atoms with van der Waals surface area (Å²) in [6, 6.07) is 16.0. The summed E-state index contributed by atoms with van der Waals surface area (Å²) in [6.45, 7) is 5.97. The predicted octanol–water partition coefficient (Wildman–Crippen LogP) is 6.77. The van der Waals surface area contributed by atoms with Crippen molar-refractivity contribution in [1.82, 2.24) is 14.7 Å². The number of ether oxygens (including phenoxy) is 1. The molecule has 1 aliphatic carbocycles. The number of rotatable bonds is 11. The number of nitrogens with one attached hydrogen (secondary N) is 1. The fourth-order valence-electron chi connectivity index (χ4n) is 4.65. The van der Waals surface area contributed by atoms with Gasteiger partial charge in [0.15, 0.2) is 6.61 Å². The molecule has 2 aromatic heterocycles. The standard InChI is InChI=1S/C27H30N5O5P/c1-4-35-38(33,36-5-2)31-20-11-9-19(10-12-20)27-24(16-28)23-14-13-22(34-17-26-29-18(3)37-30-26)15-25(23)32(27)21-7-6-8-21/h9-15,21H,4-8,17H2,1-3H3,(H,31,33). The van der Waals surface area contributed by atoms with Gasteiger partial charge in [-0.2, -0.15) is 10.2 Å². The second kappa shape index (κ2) is 11.0. The Balaban J connectivity index is 1.51. The van der Waals surface area contributed by atoms with Crippen molar-refractivity contribution in [2.24, 2.45) is 0 Å². The van der Waals surface area contributed by atoms with Gasteiger partial charge in [0.2, 0.25) is 11.7 Å². The van der Waals surface area contributed by atoms with Gasteiger partial charge in [0.1, 0.15) is 11.8 Å². The molecular weight excluding hydrogens is 505 g/mol. The molecule has 1 aliphatic rings. The van der Waals surface area contributed by atoms with E-state index in [0.29, 0.717) is 34.8 Å². The Morgan fingerprint density at radius 2 is 1.89 bits per heavy atom. The molecule has 0 spiro atoms. The number of hydrogen-bond acceptors (Lipinski definition) is 8. The van der Waals surface area contributed by atoms with Crippen molar-refractivity contribution in [1.29, 1.82) is 5.26 Å². The smallest absolute Gasteiger partial charge is 0.432 e. The van der Waals surface area contributed by atoms with E-state index in [-0.39, 0.29) is 19.8 Å². The van der Waals surface area contributed by atoms with E-state index < -0.39 is 7.75 Å². The van der Waals surface area contributed by atoms with Gasteiger partial charge in [-0.3, -0.25) is 14.1 Å². The number of fused-ring (bicyclic) bond motifs is 1. The molecule has 1 saturated carbocycles. The number of hydrogen-bond donors (Lipinski definition) is 1. The normalized spacial score (nSPS) is 13.8. The first kappa shape index (κ1) is 26.0. The van der Waals surface area contributed by atoms with Crippen LogP contribution in [0.3, 0.4) is 0 Å². The maximum Gasteiger partial charge on any atom is 0.432 e. The molecule has 0 bridgehead atoms. The fourth-order valence-corrected chi connectivity index (χ4v) is 6.00. The highest BCUT2D eigenvalue weighted by molar-refractivity contribution is 7.55. The van der Waals surface area contributed by atoms with Gasteiger partial charge < -0.3 is 13.8 Å². The SMILES string of the molecule is CCOP(=O)(Nc1ccc(-c2c(C#N)c3ccc(OCc4noc(C)n4)cc3n2C2CCC2)cc1)OCC. The lowest BCUT2D eigenvalue weighted by Gasteiger charge is -2.30. The maximum atomic E-state index is 12.9. The quantitative estimate of drug-likeness (QED) is 0.207. The van der Waals surface area contributed by atoms with E-state index in [4.69, 9.17) is 18.3 Å². The lowest BCUT2D eigenvalue weighted by atomic mass is 9.92. The van der Waals surface area contributed by atoms with Gasteiger partial charge in [-0.15, -0.1) is 0 Å². The third-order valence-electron chi connectivity index (χ3n) is 6.49. The Morgan fingerprint density at radius 3 is 2.47 bits per heavy atom. The van der Waals surface area contributed by atoms with Gasteiger partial charge >= 0.3 is 7.75 Å². The highest BCUT2D eigenvalue weighted by Crippen LogP contribution is 2.48. The van der Waals surface area contributed by atoms with Crippen molar-refractivity contribution in [2.75, 3.05) is 18.3 Å². The lowest BCUT2D eigenvalue weighted by molar-refractivity contribution is 0.225. The fraction of sp³-hybridized carbons (Fsp3) is 0.370. The van der Waals surface area contributed by atoms with Gasteiger partial charge in [-0.25, -0.2) is 4.57 Å². The number of nitrogens with zero attached hydrogens (tertiary/aromatic N) is 4. The van der Waals surface area contributed by atoms with Crippen LogP contribution in [0.15, 0.2) is 47.0 Å². The van der Waals surface area contributed by atoms with Crippen LogP contribution in [0, 0.1) is 18.3 Å². The van der Waals surface area contributed by atoms with E-state index in [9.17, 15) is 9.83 Å². The number of aromatic nitrogens is 3. The summed E-state index contributed by atoms with van der Waals surface area (Å²) < 4.78 is 36.8. The summed E-state index contributed by atoms with van der Waals surface area (Å²) in [7, 11) is -3.46. The van der Waals surface area contributed by atoms with Crippen LogP contribution >= 0.6 is 7.75 Å². The molecule has 0 saturated heterocycles. The molecule has 2 heterocycles. The van der Waals surface area contributed by atoms with E-state index in [1.807, 2.05) is 42.5 Å². The minimum absolute atomic E-state index is 0.187. The van der Waals surface area contributed by atoms with Gasteiger partial charge in [0.25, 0.3) is 0 Å². The zero-order valence-electron chi connectivity index (χ0n) is 21.6. The van der Waals surface area contributed by atoms with Crippen molar-refractivity contribution in [3.8, 4) is 23.1 Å². The molecule has 0 aliphatic heterocycles. The summed E-state index contributed by atoms with van der Waals surface area (Å²) in [6.07, 6.45) is 3.23. The highest BCUT2D eigenvalue weighted by Gasteiger charge is 2.28. The maximum absolute atomic E-state index is 12.9. The Kier molecular flexibility index (Phi) is 7.52. The van der Waals surface area contributed by atoms with E-state index in [2.05, 4.69) is 25.9 Å². The molecule has 2 aromatic carbocycles. The molecule has 1 N–H and O–H groups in total. The predicted molar refractivity (Wildman–Crippen MR) is 143 cm³/mol. The largest absolute Gasteiger partial charge is 0.485 e. The number of benzene rings is 2. The molecule has 0 amide bonds. The van der Waals surface area contributed by atoms with Gasteiger partial charge in [0, 0.05) is 30.1 Å². The van der Waals surface area contributed by atoms with Crippen LogP contribution in [0.5, 0.6) is 5.75 Å². The topological polar surface area (TPSA) is 124 Å². The van der Waals surface area contributed by atoms with Crippen molar-refractivity contribution in [2.45, 2.75) is 52.7 Å². The molecular formula is C27H30N5O5P. The molecule has 5 rings (SSSR count). The first-order valence-electron chi connectivity index (χ1n) is 12.7. The monoisotopic (exact) mass is 535 g/mol. The average Bonchev–Trinajstić information content (AvgIpc) is 3.43. The van der Waals surface area contributed by atoms with E-state index in [1.165, 1.54) is 0 Å². The van der Waals surface area contributed by atoms with Crippen LogP contribution in [-0.4, -0.2) is 27.9 Å². The van der Waals surface area contributed by atoms with Crippen LogP contribution in [0.25, 0.3) is 22.2 Å². The van der Waals surface area contributed by atoms with Gasteiger partial charge in [-0.05, 0) is 62.9 Å². The number of anilines is 1. The summed E-state index contributed by atoms with van der Waals surface area (Å²) in [5.74, 6) is 1.62. The minimum atomic E-state index is -3.46. The van der Waals surface area contributed by atoms with Gasteiger partial charge in [0.05, 0.1) is 30.0 Å². The molecule has 10 nitrogen and oxygen atoms in total. The Morgan fingerprint density at radius 1 is 1.16 bits per heavy atom. The zero-order valence-corrected chi connectivity index (χ0v) is 22.5. The first-order chi connectivity index (χ1) is 18.4. The minimum Gasteiger partial charge on any atom is -0.485 e. The van der Waals surface area contributed by atoms with E-state index >= 15 is 0 Å². The molecule has 198 valence electrons. The number of nitriles is 1. The zero-order chi connectivity index (χ0) is 26.7. The molecule has 0 radical (unpaired) electrons. The van der Waals surface area contributed by atoms with Crippen LogP contribution in [0.1, 0.15) is 56.4 Å². The van der Waals surface area contributed by atoms with Crippen molar-refractivity contribution >= 4 is 24.3 Å². The van der Waals surface area contributed by atoms with Crippen molar-refractivity contribution in [3.63, 3.8) is 0 Å². The second-order valence-corrected chi connectivity index (χ2v) is 10.7. The van der Waals surface area contributed by atoms with Crippen LogP contribution in [-0.2, 0) is 20.2 Å². The Labute approximate surface area is 221 Å². The lowest BCUT2D eigenvalue weighted by Crippen LogP contribution is -2.17. The Hall–Kier alpha value is -3.64. The molecule has 1 fully saturated rings. The summed E-state index contributed by atoms with van der Waals surface area (Å²) >= 11 is 0. The average molecular weight is 536 g/mol. The third-order valence-corrected chi connectivity index (χ3v) is 8.22. The molecule has 11 heteroatoms. The van der Waals surface area contributed by atoms with Gasteiger partial charge in [-0.1, -0.05) is 17.3 Å². The molecule has 0 atom stereocenters. The van der Waals surface area contributed by atoms with Crippen molar-refractivity contribution in [3.05, 3.63) is 59.7 Å².